The molecule has 0 spiro atoms. The molecule has 0 radical (unpaired) electrons. The molecule has 0 amide bonds. The Bertz CT molecular complexity index is 740. The van der Waals surface area contributed by atoms with Crippen molar-refractivity contribution in [2.75, 3.05) is 7.11 Å². The summed E-state index contributed by atoms with van der Waals surface area (Å²) in [6.45, 7) is 3.84. The van der Waals surface area contributed by atoms with Crippen molar-refractivity contribution in [1.29, 1.82) is 0 Å². The highest BCUT2D eigenvalue weighted by molar-refractivity contribution is 6.30. The van der Waals surface area contributed by atoms with Crippen LogP contribution in [-0.4, -0.2) is 23.3 Å². The van der Waals surface area contributed by atoms with E-state index < -0.39 is 11.9 Å². The first-order valence-corrected chi connectivity index (χ1v) is 7.56. The fourth-order valence-corrected chi connectivity index (χ4v) is 2.94. The van der Waals surface area contributed by atoms with Crippen LogP contribution < -0.4 is 4.74 Å². The molecule has 2 rings (SSSR count). The fourth-order valence-electron chi connectivity index (χ4n) is 2.71. The van der Waals surface area contributed by atoms with Crippen molar-refractivity contribution in [2.45, 2.75) is 26.2 Å². The van der Waals surface area contributed by atoms with Gasteiger partial charge in [-0.05, 0) is 37.5 Å². The lowest BCUT2D eigenvalue weighted by Crippen LogP contribution is -2.16. The number of aryl methyl sites for hydroxylation is 2. The van der Waals surface area contributed by atoms with Crippen LogP contribution in [0.4, 0.5) is 0 Å². The lowest BCUT2D eigenvalue weighted by atomic mass is 9.88. The van der Waals surface area contributed by atoms with E-state index in [1.54, 1.807) is 6.07 Å². The number of hydrogen-bond donors (Lipinski definition) is 2. The third kappa shape index (κ3) is 3.77. The van der Waals surface area contributed by atoms with Crippen LogP contribution in [0, 0.1) is 13.8 Å². The van der Waals surface area contributed by atoms with E-state index in [1.807, 2.05) is 32.0 Å². The van der Waals surface area contributed by atoms with Crippen molar-refractivity contribution >= 4 is 17.6 Å². The van der Waals surface area contributed by atoms with Gasteiger partial charge >= 0.3 is 5.97 Å². The summed E-state index contributed by atoms with van der Waals surface area (Å²) in [6, 6.07) is 8.72. The monoisotopic (exact) mass is 334 g/mol. The lowest BCUT2D eigenvalue weighted by Gasteiger charge is -2.18. The molecule has 0 fully saturated rings. The number of hydrogen-bond acceptors (Lipinski definition) is 3. The number of carboxylic acid groups (broad SMARTS) is 1. The van der Waals surface area contributed by atoms with Gasteiger partial charge in [-0.1, -0.05) is 35.4 Å². The van der Waals surface area contributed by atoms with E-state index in [4.69, 9.17) is 16.3 Å². The number of rotatable bonds is 5. The molecule has 23 heavy (non-hydrogen) atoms. The van der Waals surface area contributed by atoms with Crippen LogP contribution in [0.25, 0.3) is 0 Å². The van der Waals surface area contributed by atoms with Crippen LogP contribution in [0.5, 0.6) is 11.5 Å². The van der Waals surface area contributed by atoms with Crippen LogP contribution in [0.3, 0.4) is 0 Å². The van der Waals surface area contributed by atoms with Crippen LogP contribution in [-0.2, 0) is 11.2 Å². The summed E-state index contributed by atoms with van der Waals surface area (Å²) in [5, 5.41) is 20.2. The molecule has 0 aromatic heterocycles. The molecule has 0 bridgehead atoms. The summed E-state index contributed by atoms with van der Waals surface area (Å²) in [5.41, 5.74) is 3.15. The summed E-state index contributed by atoms with van der Waals surface area (Å²) in [6.07, 6.45) is 0.127. The van der Waals surface area contributed by atoms with Gasteiger partial charge < -0.3 is 14.9 Å². The van der Waals surface area contributed by atoms with Crippen molar-refractivity contribution < 1.29 is 19.7 Å². The number of aromatic hydroxyl groups is 1. The quantitative estimate of drug-likeness (QED) is 0.864. The van der Waals surface area contributed by atoms with E-state index in [-0.39, 0.29) is 17.9 Å². The summed E-state index contributed by atoms with van der Waals surface area (Å²) >= 11 is 6.02. The molecule has 2 aromatic carbocycles. The zero-order chi connectivity index (χ0) is 17.1. The van der Waals surface area contributed by atoms with E-state index in [1.165, 1.54) is 13.2 Å². The number of phenolic OH excluding ortho intramolecular Hbond substituents is 1. The minimum atomic E-state index is -0.949. The third-order valence-electron chi connectivity index (χ3n) is 3.86. The zero-order valence-corrected chi connectivity index (χ0v) is 14.0. The maximum atomic E-state index is 11.7. The molecule has 2 N–H and O–H groups in total. The third-order valence-corrected chi connectivity index (χ3v) is 4.08. The summed E-state index contributed by atoms with van der Waals surface area (Å²) in [7, 11) is 1.42. The number of aliphatic carboxylic acids is 1. The lowest BCUT2D eigenvalue weighted by molar-refractivity contribution is -0.138. The standard InChI is InChI=1S/C18H19ClO4/c1-10-4-5-14(11(2)6-10)15(18(21)22)8-12-7-13(19)9-16(23-3)17(12)20/h4-7,9,15,20H,8H2,1-3H3,(H,21,22). The number of carbonyl (C=O) groups is 1. The Kier molecular flexibility index (Phi) is 5.16. The molecule has 0 aliphatic heterocycles. The predicted octanol–water partition coefficient (Wildman–Crippen LogP) is 4.08. The normalized spacial score (nSPS) is 12.0. The Balaban J connectivity index is 2.45. The average Bonchev–Trinajstić information content (AvgIpc) is 2.48. The van der Waals surface area contributed by atoms with Crippen molar-refractivity contribution in [2.24, 2.45) is 0 Å². The van der Waals surface area contributed by atoms with Gasteiger partial charge in [0.2, 0.25) is 0 Å². The highest BCUT2D eigenvalue weighted by Gasteiger charge is 2.24. The van der Waals surface area contributed by atoms with E-state index in [2.05, 4.69) is 0 Å². The molecular formula is C18H19ClO4. The smallest absolute Gasteiger partial charge is 0.311 e. The van der Waals surface area contributed by atoms with Crippen molar-refractivity contribution in [3.63, 3.8) is 0 Å². The highest BCUT2D eigenvalue weighted by Crippen LogP contribution is 2.36. The molecule has 5 heteroatoms. The largest absolute Gasteiger partial charge is 0.504 e. The van der Waals surface area contributed by atoms with Crippen molar-refractivity contribution in [1.82, 2.24) is 0 Å². The first kappa shape index (κ1) is 17.2. The average molecular weight is 335 g/mol. The minimum Gasteiger partial charge on any atom is -0.504 e. The Hall–Kier alpha value is -2.20. The molecule has 2 aromatic rings. The Morgan fingerprint density at radius 1 is 1.26 bits per heavy atom. The maximum absolute atomic E-state index is 11.7. The van der Waals surface area contributed by atoms with Gasteiger partial charge in [-0.15, -0.1) is 0 Å². The second-order valence-electron chi connectivity index (χ2n) is 5.57. The van der Waals surface area contributed by atoms with Gasteiger partial charge in [0.25, 0.3) is 0 Å². The molecule has 4 nitrogen and oxygen atoms in total. The van der Waals surface area contributed by atoms with E-state index in [0.717, 1.165) is 16.7 Å². The van der Waals surface area contributed by atoms with Gasteiger partial charge in [0.1, 0.15) is 0 Å². The summed E-state index contributed by atoms with van der Waals surface area (Å²) < 4.78 is 5.07. The molecule has 0 heterocycles. The van der Waals surface area contributed by atoms with Crippen LogP contribution in [0.2, 0.25) is 5.02 Å². The van der Waals surface area contributed by atoms with Gasteiger partial charge in [0, 0.05) is 16.7 Å². The van der Waals surface area contributed by atoms with Gasteiger partial charge in [0.15, 0.2) is 11.5 Å². The topological polar surface area (TPSA) is 66.8 Å². The maximum Gasteiger partial charge on any atom is 0.311 e. The molecule has 0 saturated heterocycles. The number of phenols is 1. The van der Waals surface area contributed by atoms with E-state index >= 15 is 0 Å². The Morgan fingerprint density at radius 2 is 1.96 bits per heavy atom. The van der Waals surface area contributed by atoms with Crippen LogP contribution in [0.15, 0.2) is 30.3 Å². The van der Waals surface area contributed by atoms with E-state index in [9.17, 15) is 15.0 Å². The second-order valence-corrected chi connectivity index (χ2v) is 6.01. The van der Waals surface area contributed by atoms with E-state index in [0.29, 0.717) is 10.6 Å². The Labute approximate surface area is 140 Å². The predicted molar refractivity (Wildman–Crippen MR) is 89.7 cm³/mol. The van der Waals surface area contributed by atoms with Gasteiger partial charge in [-0.2, -0.15) is 0 Å². The van der Waals surface area contributed by atoms with Gasteiger partial charge in [0.05, 0.1) is 13.0 Å². The SMILES string of the molecule is COc1cc(Cl)cc(CC(C(=O)O)c2ccc(C)cc2C)c1O. The Morgan fingerprint density at radius 3 is 2.52 bits per heavy atom. The molecule has 0 saturated carbocycles. The minimum absolute atomic E-state index is 0.0760. The highest BCUT2D eigenvalue weighted by atomic mass is 35.5. The number of carboxylic acids is 1. The van der Waals surface area contributed by atoms with Crippen LogP contribution in [0.1, 0.15) is 28.2 Å². The van der Waals surface area contributed by atoms with Crippen molar-refractivity contribution in [3.05, 3.63) is 57.6 Å². The van der Waals surface area contributed by atoms with Gasteiger partial charge in [-0.3, -0.25) is 4.79 Å². The first-order chi connectivity index (χ1) is 10.8. The number of methoxy groups -OCH3 is 1. The van der Waals surface area contributed by atoms with Crippen molar-refractivity contribution in [3.8, 4) is 11.5 Å². The first-order valence-electron chi connectivity index (χ1n) is 7.18. The fraction of sp³-hybridized carbons (Fsp3) is 0.278. The number of halogens is 1. The molecular weight excluding hydrogens is 316 g/mol. The van der Waals surface area contributed by atoms with Gasteiger partial charge in [-0.25, -0.2) is 0 Å². The van der Waals surface area contributed by atoms with Crippen LogP contribution >= 0.6 is 11.6 Å². The summed E-state index contributed by atoms with van der Waals surface area (Å²) in [4.78, 5) is 11.7. The number of benzene rings is 2. The zero-order valence-electron chi connectivity index (χ0n) is 13.3. The summed E-state index contributed by atoms with van der Waals surface area (Å²) in [5.74, 6) is -1.56. The molecule has 122 valence electrons. The molecule has 0 aliphatic rings. The number of ether oxygens (including phenoxy) is 1. The molecule has 0 aliphatic carbocycles. The molecule has 1 unspecified atom stereocenters. The second kappa shape index (κ2) is 6.92. The molecule has 1 atom stereocenters.